The van der Waals surface area contributed by atoms with Crippen molar-refractivity contribution >= 4 is 23.9 Å². The SMILES string of the molecule is CC1CC2OC(=O)C(O)C3C(C)C(C)C(C)C(C1C)C23.COC(=O)C(O)C1C(C)C(C)C(C)C2C(C)C(C)CCC12CO.COC(=O)C1(O)OCC23CCC(C)C(C)C2C(C)C(C)C(C)C13.COC(=O)C1OCC23CCC(C)C(C)C2C(C)C(C)C(C)C13.[H+]. The van der Waals surface area contributed by atoms with Gasteiger partial charge in [-0.2, -0.15) is 0 Å². The number of ether oxygens (including phenoxy) is 6. The number of esters is 4. The van der Waals surface area contributed by atoms with Gasteiger partial charge in [-0.3, -0.25) is 0 Å². The zero-order chi connectivity index (χ0) is 65.7. The Balaban J connectivity index is 0.000000169. The standard InChI is InChI=1S/C19H32O4.C19H34O4.C19H32O3.C17H28O3/c1-10-7-8-18-9-23-19(21,17(20)22-6)16(18)14(5)12(3)13(4)15(18)11(10)2;1-10-7-8-19(9-20)15(11(10)2)13(4)12(3)14(5)16(19)17(21)18(22)23-6;1-10-7-8-19-9-22-17(18(20)21-6)16(19)14(5)12(3)13(4)15(19)11(10)2;1-7-6-12-15-13(8(7)2)10(4)9(3)11(5)14(15)16(18)17(19)20-12/h10-16,21H,7-9H2,1-6H3;10-17,20-21H,7-9H2,1-6H3;10-17H,7-9H2,1-6H3;7-16,18H,6H2,1-5H3/p+1. The van der Waals surface area contributed by atoms with E-state index in [0.717, 1.165) is 44.6 Å². The van der Waals surface area contributed by atoms with E-state index in [2.05, 4.69) is 138 Å². The Morgan fingerprint density at radius 2 is 1.01 bits per heavy atom. The van der Waals surface area contributed by atoms with Gasteiger partial charge >= 0.3 is 25.3 Å². The number of rotatable bonds is 5. The van der Waals surface area contributed by atoms with Gasteiger partial charge in [0.1, 0.15) is 6.10 Å². The Hall–Kier alpha value is -2.36. The first-order chi connectivity index (χ1) is 41.1. The van der Waals surface area contributed by atoms with Crippen molar-refractivity contribution in [3.63, 3.8) is 0 Å². The summed E-state index contributed by atoms with van der Waals surface area (Å²) < 4.78 is 32.3. The highest BCUT2D eigenvalue weighted by Gasteiger charge is 2.72. The molecule has 0 bridgehead atoms. The van der Waals surface area contributed by atoms with E-state index in [1.54, 1.807) is 0 Å². The van der Waals surface area contributed by atoms with Crippen LogP contribution in [0, 0.1) is 188 Å². The van der Waals surface area contributed by atoms with Crippen molar-refractivity contribution in [3.05, 3.63) is 0 Å². The molecule has 0 aromatic heterocycles. The van der Waals surface area contributed by atoms with Gasteiger partial charge in [-0.05, 0) is 187 Å². The van der Waals surface area contributed by atoms with Gasteiger partial charge in [-0.15, -0.1) is 0 Å². The summed E-state index contributed by atoms with van der Waals surface area (Å²) in [7, 11) is 4.14. The summed E-state index contributed by atoms with van der Waals surface area (Å²) in [5, 5.41) is 42.6. The fraction of sp³-hybridized carbons (Fsp3) is 0.946. The molecule has 14 nitrogen and oxygen atoms in total. The highest BCUT2D eigenvalue weighted by atomic mass is 16.7. The normalized spacial score (nSPS) is 54.2. The number of hydrogen-bond donors (Lipinski definition) is 4. The molecular formula is C74H127O14+. The topological polar surface area (TPSA) is 205 Å². The van der Waals surface area contributed by atoms with E-state index in [9.17, 15) is 39.6 Å². The van der Waals surface area contributed by atoms with Crippen molar-refractivity contribution in [2.75, 3.05) is 41.2 Å². The summed E-state index contributed by atoms with van der Waals surface area (Å²) in [6, 6.07) is 0. The molecule has 0 aromatic carbocycles. The van der Waals surface area contributed by atoms with Gasteiger partial charge in [0, 0.05) is 52.4 Å². The third-order valence-corrected chi connectivity index (χ3v) is 30.9. The summed E-state index contributed by atoms with van der Waals surface area (Å²) in [6.07, 6.45) is 5.15. The first kappa shape index (κ1) is 71.5. The van der Waals surface area contributed by atoms with Gasteiger partial charge in [-0.1, -0.05) is 138 Å². The molecule has 3 saturated heterocycles. The molecule has 0 aromatic rings. The first-order valence-electron chi connectivity index (χ1n) is 35.5. The molecular weight excluding hydrogens is 1110 g/mol. The van der Waals surface area contributed by atoms with Crippen LogP contribution in [0.15, 0.2) is 0 Å². The highest BCUT2D eigenvalue weighted by molar-refractivity contribution is 5.79. The van der Waals surface area contributed by atoms with Crippen molar-refractivity contribution in [1.82, 2.24) is 0 Å². The zero-order valence-electron chi connectivity index (χ0n) is 60.0. The third-order valence-electron chi connectivity index (χ3n) is 30.9. The Morgan fingerprint density at radius 3 is 1.56 bits per heavy atom. The van der Waals surface area contributed by atoms with Crippen LogP contribution in [0.2, 0.25) is 0 Å². The predicted octanol–water partition coefficient (Wildman–Crippen LogP) is 12.4. The summed E-state index contributed by atoms with van der Waals surface area (Å²) in [5.74, 6) is 9.66. The van der Waals surface area contributed by atoms with Crippen molar-refractivity contribution < 1.29 is 69.5 Å². The average Bonchev–Trinajstić information content (AvgIpc) is 1.66. The summed E-state index contributed by atoms with van der Waals surface area (Å²) in [5.41, 5.74) is -0.290. The number of aliphatic hydroxyl groups excluding tert-OH is 3. The van der Waals surface area contributed by atoms with Crippen LogP contribution in [0.5, 0.6) is 0 Å². The molecule has 2 spiro atoms. The molecule has 3 heterocycles. The van der Waals surface area contributed by atoms with E-state index in [4.69, 9.17) is 28.4 Å². The van der Waals surface area contributed by atoms with Gasteiger partial charge in [0.15, 0.2) is 18.3 Å². The molecule has 37 unspecified atom stereocenters. The Morgan fingerprint density at radius 1 is 0.534 bits per heavy atom. The van der Waals surface area contributed by atoms with Crippen molar-refractivity contribution in [2.45, 2.75) is 214 Å². The Labute approximate surface area is 533 Å². The summed E-state index contributed by atoms with van der Waals surface area (Å²) in [6.45, 7) is 47.4. The second-order valence-electron chi connectivity index (χ2n) is 33.3. The highest BCUT2D eigenvalue weighted by Crippen LogP contribution is 2.69. The molecule has 506 valence electrons. The monoisotopic (exact) mass is 1240 g/mol. The van der Waals surface area contributed by atoms with E-state index in [-0.39, 0.29) is 78.0 Å². The van der Waals surface area contributed by atoms with Crippen LogP contribution in [-0.4, -0.2) is 116 Å². The fourth-order valence-corrected chi connectivity index (χ4v) is 24.4. The van der Waals surface area contributed by atoms with Crippen LogP contribution in [0.3, 0.4) is 0 Å². The molecule has 3 aliphatic heterocycles. The predicted molar refractivity (Wildman–Crippen MR) is 341 cm³/mol. The molecule has 4 N–H and O–H groups in total. The maximum atomic E-state index is 12.3. The molecule has 11 aliphatic rings. The van der Waals surface area contributed by atoms with Crippen LogP contribution in [0.25, 0.3) is 0 Å². The molecule has 37 atom stereocenters. The number of hydrogen-bond acceptors (Lipinski definition) is 14. The summed E-state index contributed by atoms with van der Waals surface area (Å²) in [4.78, 5) is 48.7. The molecule has 11 fully saturated rings. The maximum absolute atomic E-state index is 12.3. The van der Waals surface area contributed by atoms with Gasteiger partial charge < -0.3 is 48.8 Å². The first-order valence-corrected chi connectivity index (χ1v) is 35.5. The summed E-state index contributed by atoms with van der Waals surface area (Å²) >= 11 is 0. The molecule has 88 heavy (non-hydrogen) atoms. The van der Waals surface area contributed by atoms with Crippen molar-refractivity contribution in [1.29, 1.82) is 0 Å². The second kappa shape index (κ2) is 26.8. The number of aliphatic hydroxyl groups is 4. The minimum Gasteiger partial charge on any atom is -0.467 e. The lowest BCUT2D eigenvalue weighted by molar-refractivity contribution is -0.236. The Kier molecular flexibility index (Phi) is 21.8. The second-order valence-corrected chi connectivity index (χ2v) is 33.3. The molecule has 8 aliphatic carbocycles. The Bertz CT molecular complexity index is 2420. The molecule has 14 heteroatoms. The van der Waals surface area contributed by atoms with E-state index >= 15 is 0 Å². The van der Waals surface area contributed by atoms with Gasteiger partial charge in [-0.25, -0.2) is 19.2 Å². The molecule has 11 rings (SSSR count). The minimum absolute atomic E-state index is 0. The van der Waals surface area contributed by atoms with Crippen LogP contribution >= 0.6 is 0 Å². The van der Waals surface area contributed by atoms with Gasteiger partial charge in [0.05, 0.1) is 34.5 Å². The van der Waals surface area contributed by atoms with E-state index in [0.29, 0.717) is 143 Å². The number of fused-ring (bicyclic) bond motifs is 1. The van der Waals surface area contributed by atoms with Crippen LogP contribution in [-0.2, 0) is 47.6 Å². The quantitative estimate of drug-likeness (QED) is 0.149. The van der Waals surface area contributed by atoms with E-state index in [1.807, 2.05) is 0 Å². The number of carbonyl (C=O) groups is 4. The average molecular weight is 1240 g/mol. The lowest BCUT2D eigenvalue weighted by Gasteiger charge is -2.62. The molecule has 0 radical (unpaired) electrons. The molecule has 0 amide bonds. The third kappa shape index (κ3) is 11.2. The smallest absolute Gasteiger partial charge is 0.467 e. The lowest BCUT2D eigenvalue weighted by atomic mass is 9.43. The zero-order valence-corrected chi connectivity index (χ0v) is 59.0. The fourth-order valence-electron chi connectivity index (χ4n) is 24.4. The molecule has 8 saturated carbocycles. The minimum atomic E-state index is -1.78. The number of methoxy groups -OCH3 is 3. The van der Waals surface area contributed by atoms with E-state index in [1.165, 1.54) is 34.2 Å². The largest absolute Gasteiger partial charge is 1.00 e. The van der Waals surface area contributed by atoms with Gasteiger partial charge in [0.25, 0.3) is 5.79 Å². The van der Waals surface area contributed by atoms with Gasteiger partial charge in [0.2, 0.25) is 0 Å². The maximum Gasteiger partial charge on any atom is 1.00 e. The van der Waals surface area contributed by atoms with E-state index < -0.39 is 29.9 Å². The van der Waals surface area contributed by atoms with Crippen molar-refractivity contribution in [3.8, 4) is 0 Å². The van der Waals surface area contributed by atoms with Crippen LogP contribution in [0.1, 0.15) is 185 Å². The number of carbonyl (C=O) groups excluding carboxylic acids is 4. The lowest BCUT2D eigenvalue weighted by Crippen LogP contribution is -2.62. The van der Waals surface area contributed by atoms with Crippen LogP contribution in [0.4, 0.5) is 0 Å². The van der Waals surface area contributed by atoms with Crippen LogP contribution < -0.4 is 0 Å². The van der Waals surface area contributed by atoms with Crippen molar-refractivity contribution in [2.24, 2.45) is 188 Å².